The Morgan fingerprint density at radius 3 is 2.65 bits per heavy atom. The number of aromatic nitrogens is 4. The van der Waals surface area contributed by atoms with Crippen LogP contribution >= 0.6 is 11.8 Å². The van der Waals surface area contributed by atoms with E-state index in [4.69, 9.17) is 5.73 Å². The zero-order valence-electron chi connectivity index (χ0n) is 16.9. The van der Waals surface area contributed by atoms with E-state index >= 15 is 0 Å². The van der Waals surface area contributed by atoms with Crippen molar-refractivity contribution < 1.29 is 9.18 Å². The van der Waals surface area contributed by atoms with Crippen LogP contribution in [0.2, 0.25) is 0 Å². The monoisotopic (exact) mass is 437 g/mol. The minimum Gasteiger partial charge on any atom is -0.383 e. The summed E-state index contributed by atoms with van der Waals surface area (Å²) in [4.78, 5) is 21.3. The van der Waals surface area contributed by atoms with Crippen LogP contribution in [0.3, 0.4) is 0 Å². The fourth-order valence-electron chi connectivity index (χ4n) is 3.11. The lowest BCUT2D eigenvalue weighted by Gasteiger charge is -2.10. The quantitative estimate of drug-likeness (QED) is 0.341. The number of hydrogen-bond acceptors (Lipinski definition) is 7. The van der Waals surface area contributed by atoms with Crippen molar-refractivity contribution >= 4 is 40.1 Å². The number of aryl methyl sites for hydroxylation is 1. The van der Waals surface area contributed by atoms with Crippen LogP contribution in [0.15, 0.2) is 52.5 Å². The first kappa shape index (κ1) is 20.8. The van der Waals surface area contributed by atoms with E-state index in [-0.39, 0.29) is 23.8 Å². The smallest absolute Gasteiger partial charge is 0.238 e. The van der Waals surface area contributed by atoms with Crippen LogP contribution in [0.4, 0.5) is 15.9 Å². The van der Waals surface area contributed by atoms with E-state index < -0.39 is 5.82 Å². The second-order valence-corrected chi connectivity index (χ2v) is 7.89. The van der Waals surface area contributed by atoms with Gasteiger partial charge in [-0.05, 0) is 68.2 Å². The van der Waals surface area contributed by atoms with Crippen LogP contribution in [0.5, 0.6) is 0 Å². The van der Waals surface area contributed by atoms with Gasteiger partial charge in [0, 0.05) is 21.8 Å². The van der Waals surface area contributed by atoms with Crippen molar-refractivity contribution in [1.29, 1.82) is 0 Å². The van der Waals surface area contributed by atoms with Gasteiger partial charge in [0.2, 0.25) is 5.91 Å². The highest BCUT2D eigenvalue weighted by molar-refractivity contribution is 7.99. The molecule has 0 spiro atoms. The van der Waals surface area contributed by atoms with Gasteiger partial charge in [-0.15, -0.1) is 0 Å². The second kappa shape index (κ2) is 8.70. The Bertz CT molecular complexity index is 1260. The molecule has 158 valence electrons. The van der Waals surface area contributed by atoms with Gasteiger partial charge >= 0.3 is 0 Å². The van der Waals surface area contributed by atoms with E-state index in [0.29, 0.717) is 27.5 Å². The molecule has 0 aliphatic rings. The Morgan fingerprint density at radius 2 is 1.97 bits per heavy atom. The SMILES string of the molecule is CNCC(=O)Nc1ccc(Sc2nc(N)c3c(-c4cc(C)[nH]n4)ccc(F)c3n2)cc1. The number of carbonyl (C=O) groups excluding carboxylic acids is 1. The molecule has 0 radical (unpaired) electrons. The van der Waals surface area contributed by atoms with E-state index in [0.717, 1.165) is 10.6 Å². The summed E-state index contributed by atoms with van der Waals surface area (Å²) in [6, 6.07) is 12.0. The number of halogens is 1. The lowest BCUT2D eigenvalue weighted by atomic mass is 10.1. The first-order chi connectivity index (χ1) is 14.9. The summed E-state index contributed by atoms with van der Waals surface area (Å²) in [5, 5.41) is 13.4. The van der Waals surface area contributed by atoms with Gasteiger partial charge in [0.1, 0.15) is 17.2 Å². The predicted octanol–water partition coefficient (Wildman–Crippen LogP) is 3.36. The average Bonchev–Trinajstić information content (AvgIpc) is 3.16. The highest BCUT2D eigenvalue weighted by Gasteiger charge is 2.17. The molecule has 0 bridgehead atoms. The summed E-state index contributed by atoms with van der Waals surface area (Å²) in [6.07, 6.45) is 0. The van der Waals surface area contributed by atoms with E-state index in [1.165, 1.54) is 17.8 Å². The van der Waals surface area contributed by atoms with Crippen molar-refractivity contribution in [3.63, 3.8) is 0 Å². The molecule has 8 nitrogen and oxygen atoms in total. The number of fused-ring (bicyclic) bond motifs is 1. The molecule has 5 N–H and O–H groups in total. The van der Waals surface area contributed by atoms with Gasteiger partial charge in [-0.25, -0.2) is 14.4 Å². The summed E-state index contributed by atoms with van der Waals surface area (Å²) in [7, 11) is 1.70. The van der Waals surface area contributed by atoms with E-state index in [1.54, 1.807) is 25.2 Å². The van der Waals surface area contributed by atoms with Gasteiger partial charge < -0.3 is 16.4 Å². The molecule has 2 heterocycles. The molecule has 0 aliphatic heterocycles. The molecule has 2 aromatic carbocycles. The number of H-pyrrole nitrogens is 1. The first-order valence-corrected chi connectivity index (χ1v) is 10.3. The highest BCUT2D eigenvalue weighted by Crippen LogP contribution is 2.35. The maximum atomic E-state index is 14.6. The summed E-state index contributed by atoms with van der Waals surface area (Å²) in [5.41, 5.74) is 9.22. The average molecular weight is 438 g/mol. The number of likely N-dealkylation sites (N-methyl/N-ethyl adjacent to an activating group) is 1. The minimum atomic E-state index is -0.482. The number of anilines is 2. The Labute approximate surface area is 181 Å². The lowest BCUT2D eigenvalue weighted by Crippen LogP contribution is -2.24. The molecule has 1 amide bonds. The molecule has 0 fully saturated rings. The second-order valence-electron chi connectivity index (χ2n) is 6.85. The lowest BCUT2D eigenvalue weighted by molar-refractivity contribution is -0.115. The molecular weight excluding hydrogens is 417 g/mol. The van der Waals surface area contributed by atoms with Gasteiger partial charge in [0.25, 0.3) is 0 Å². The summed E-state index contributed by atoms with van der Waals surface area (Å²) < 4.78 is 14.6. The minimum absolute atomic E-state index is 0.132. The maximum Gasteiger partial charge on any atom is 0.238 e. The van der Waals surface area contributed by atoms with E-state index in [9.17, 15) is 9.18 Å². The van der Waals surface area contributed by atoms with Crippen LogP contribution in [-0.4, -0.2) is 39.7 Å². The van der Waals surface area contributed by atoms with E-state index in [1.807, 2.05) is 25.1 Å². The molecule has 0 unspecified atom stereocenters. The zero-order valence-corrected chi connectivity index (χ0v) is 17.7. The van der Waals surface area contributed by atoms with Crippen molar-refractivity contribution in [2.45, 2.75) is 17.0 Å². The number of aromatic amines is 1. The Balaban J connectivity index is 1.64. The summed E-state index contributed by atoms with van der Waals surface area (Å²) >= 11 is 1.25. The van der Waals surface area contributed by atoms with Crippen LogP contribution in [0.25, 0.3) is 22.2 Å². The van der Waals surface area contributed by atoms with Crippen LogP contribution in [0.1, 0.15) is 5.69 Å². The number of nitrogens with two attached hydrogens (primary N) is 1. The number of nitrogens with zero attached hydrogens (tertiary/aromatic N) is 3. The fourth-order valence-corrected chi connectivity index (χ4v) is 3.87. The van der Waals surface area contributed by atoms with Crippen molar-refractivity contribution in [3.8, 4) is 11.3 Å². The number of amides is 1. The van der Waals surface area contributed by atoms with Crippen LogP contribution in [-0.2, 0) is 4.79 Å². The number of rotatable bonds is 6. The van der Waals surface area contributed by atoms with Crippen LogP contribution < -0.4 is 16.4 Å². The number of nitrogen functional groups attached to an aromatic ring is 1. The molecule has 10 heteroatoms. The number of nitrogens with one attached hydrogen (secondary N) is 3. The first-order valence-electron chi connectivity index (χ1n) is 9.45. The third kappa shape index (κ3) is 4.49. The molecule has 0 saturated heterocycles. The molecule has 31 heavy (non-hydrogen) atoms. The number of hydrogen-bond donors (Lipinski definition) is 4. The topological polar surface area (TPSA) is 122 Å². The zero-order chi connectivity index (χ0) is 22.0. The third-order valence-electron chi connectivity index (χ3n) is 4.47. The van der Waals surface area contributed by atoms with Crippen LogP contribution in [0, 0.1) is 12.7 Å². The normalized spacial score (nSPS) is 11.1. The maximum absolute atomic E-state index is 14.6. The predicted molar refractivity (Wildman–Crippen MR) is 119 cm³/mol. The molecule has 2 aromatic heterocycles. The Morgan fingerprint density at radius 1 is 1.19 bits per heavy atom. The van der Waals surface area contributed by atoms with Gasteiger partial charge in [0.05, 0.1) is 17.6 Å². The molecule has 0 aliphatic carbocycles. The molecule has 0 saturated carbocycles. The van der Waals surface area contributed by atoms with Gasteiger partial charge in [-0.3, -0.25) is 9.89 Å². The molecule has 4 aromatic rings. The summed E-state index contributed by atoms with van der Waals surface area (Å²) in [5.74, 6) is -0.435. The fraction of sp³-hybridized carbons (Fsp3) is 0.143. The highest BCUT2D eigenvalue weighted by atomic mass is 32.2. The third-order valence-corrected chi connectivity index (χ3v) is 5.35. The molecule has 4 rings (SSSR count). The largest absolute Gasteiger partial charge is 0.383 e. The van der Waals surface area contributed by atoms with Crippen molar-refractivity contribution in [3.05, 3.63) is 54.0 Å². The number of benzene rings is 2. The number of carbonyl (C=O) groups is 1. The molecule has 0 atom stereocenters. The van der Waals surface area contributed by atoms with Gasteiger partial charge in [-0.2, -0.15) is 5.10 Å². The van der Waals surface area contributed by atoms with Crippen molar-refractivity contribution in [1.82, 2.24) is 25.5 Å². The Hall–Kier alpha value is -3.50. The van der Waals surface area contributed by atoms with Crippen molar-refractivity contribution in [2.75, 3.05) is 24.6 Å². The molecular formula is C21H20FN7OS. The Kier molecular flexibility index (Phi) is 5.83. The summed E-state index contributed by atoms with van der Waals surface area (Å²) in [6.45, 7) is 2.11. The van der Waals surface area contributed by atoms with Crippen molar-refractivity contribution in [2.24, 2.45) is 0 Å². The van der Waals surface area contributed by atoms with E-state index in [2.05, 4.69) is 30.8 Å². The van der Waals surface area contributed by atoms with Gasteiger partial charge in [0.15, 0.2) is 5.16 Å². The van der Waals surface area contributed by atoms with Gasteiger partial charge in [-0.1, -0.05) is 0 Å². The standard InChI is InChI=1S/C21H20FN7OS/c1-11-9-16(29-28-11)14-7-8-15(22)19-18(14)20(23)27-21(26-19)31-13-5-3-12(4-6-13)25-17(30)10-24-2/h3-9,24H,10H2,1-2H3,(H,25,30)(H,28,29)(H2,23,26,27).